The van der Waals surface area contributed by atoms with Gasteiger partial charge in [-0.15, -0.1) is 0 Å². The summed E-state index contributed by atoms with van der Waals surface area (Å²) >= 11 is 1.15. The fourth-order valence-corrected chi connectivity index (χ4v) is 3.67. The van der Waals surface area contributed by atoms with E-state index in [1.165, 1.54) is 25.6 Å². The van der Waals surface area contributed by atoms with Crippen LogP contribution in [0.3, 0.4) is 0 Å². The van der Waals surface area contributed by atoms with Crippen molar-refractivity contribution in [3.63, 3.8) is 0 Å². The quantitative estimate of drug-likeness (QED) is 0.488. The Balaban J connectivity index is 1.66. The highest BCUT2D eigenvalue weighted by Gasteiger charge is 2.18. The van der Waals surface area contributed by atoms with Crippen molar-refractivity contribution in [2.75, 3.05) is 19.5 Å². The van der Waals surface area contributed by atoms with Gasteiger partial charge in [0.05, 0.1) is 32.2 Å². The molecule has 30 heavy (non-hydrogen) atoms. The van der Waals surface area contributed by atoms with E-state index in [9.17, 15) is 9.59 Å². The number of para-hydroxylation sites is 1. The van der Waals surface area contributed by atoms with Crippen LogP contribution in [0.5, 0.6) is 5.75 Å². The van der Waals surface area contributed by atoms with Gasteiger partial charge in [-0.1, -0.05) is 29.5 Å². The molecular formula is C20H15N5O4S. The molecule has 0 radical (unpaired) electrons. The van der Waals surface area contributed by atoms with Crippen molar-refractivity contribution in [1.82, 2.24) is 20.2 Å². The van der Waals surface area contributed by atoms with Gasteiger partial charge >= 0.3 is 5.97 Å². The smallest absolute Gasteiger partial charge is 0.356 e. The highest BCUT2D eigenvalue weighted by molar-refractivity contribution is 7.22. The second-order valence-electron chi connectivity index (χ2n) is 6.00. The zero-order chi connectivity index (χ0) is 21.1. The van der Waals surface area contributed by atoms with Crippen molar-refractivity contribution < 1.29 is 19.1 Å². The van der Waals surface area contributed by atoms with Crippen molar-refractivity contribution in [2.45, 2.75) is 0 Å². The maximum absolute atomic E-state index is 13.0. The molecule has 150 valence electrons. The minimum atomic E-state index is -0.541. The van der Waals surface area contributed by atoms with E-state index in [1.807, 2.05) is 18.2 Å². The van der Waals surface area contributed by atoms with Crippen LogP contribution < -0.4 is 10.1 Å². The van der Waals surface area contributed by atoms with Gasteiger partial charge in [-0.25, -0.2) is 14.8 Å². The van der Waals surface area contributed by atoms with Gasteiger partial charge in [0.25, 0.3) is 5.91 Å². The molecule has 3 heterocycles. The largest absolute Gasteiger partial charge is 0.496 e. The Morgan fingerprint density at radius 2 is 1.77 bits per heavy atom. The molecule has 0 saturated carbocycles. The number of amides is 1. The van der Waals surface area contributed by atoms with Crippen LogP contribution >= 0.6 is 11.3 Å². The summed E-state index contributed by atoms with van der Waals surface area (Å²) in [7, 11) is 2.85. The number of nitrogens with zero attached hydrogens (tertiary/aromatic N) is 4. The average Bonchev–Trinajstić information content (AvgIpc) is 3.19. The number of nitrogens with one attached hydrogen (secondary N) is 1. The summed E-state index contributed by atoms with van der Waals surface area (Å²) in [5, 5.41) is 10.8. The summed E-state index contributed by atoms with van der Waals surface area (Å²) in [5.74, 6) is -0.336. The molecular weight excluding hydrogens is 406 g/mol. The van der Waals surface area contributed by atoms with E-state index in [1.54, 1.807) is 19.2 Å². The molecule has 0 aliphatic rings. The minimum Gasteiger partial charge on any atom is -0.496 e. The SMILES string of the molecule is COC(=O)c1ccc2nc(NC(=O)c3cnncc3-c3ccccc3OC)sc2n1. The number of methoxy groups -OCH3 is 2. The number of rotatable bonds is 5. The molecule has 0 fully saturated rings. The third-order valence-electron chi connectivity index (χ3n) is 4.24. The number of hydrogen-bond acceptors (Lipinski definition) is 9. The van der Waals surface area contributed by atoms with E-state index in [2.05, 4.69) is 30.2 Å². The summed E-state index contributed by atoms with van der Waals surface area (Å²) in [4.78, 5) is 33.7. The number of hydrogen-bond donors (Lipinski definition) is 1. The van der Waals surface area contributed by atoms with Gasteiger partial charge in [0.2, 0.25) is 0 Å². The van der Waals surface area contributed by atoms with Gasteiger partial charge in [-0.05, 0) is 18.2 Å². The van der Waals surface area contributed by atoms with Crippen LogP contribution in [0.2, 0.25) is 0 Å². The first-order valence-corrected chi connectivity index (χ1v) is 9.53. The molecule has 0 aliphatic carbocycles. The molecule has 4 rings (SSSR count). The molecule has 0 spiro atoms. The van der Waals surface area contributed by atoms with Crippen LogP contribution in [0, 0.1) is 0 Å². The maximum atomic E-state index is 13.0. The van der Waals surface area contributed by atoms with E-state index in [0.717, 1.165) is 11.3 Å². The Hall–Kier alpha value is -3.92. The first-order valence-electron chi connectivity index (χ1n) is 8.72. The van der Waals surface area contributed by atoms with Crippen molar-refractivity contribution in [2.24, 2.45) is 0 Å². The van der Waals surface area contributed by atoms with E-state index in [0.29, 0.717) is 37.9 Å². The lowest BCUT2D eigenvalue weighted by Crippen LogP contribution is -2.14. The second kappa shape index (κ2) is 8.21. The average molecular weight is 421 g/mol. The number of benzene rings is 1. The Kier molecular flexibility index (Phi) is 5.31. The van der Waals surface area contributed by atoms with Gasteiger partial charge in [0.1, 0.15) is 21.8 Å². The molecule has 1 amide bonds. The summed E-state index contributed by atoms with van der Waals surface area (Å²) in [5.41, 5.74) is 2.34. The van der Waals surface area contributed by atoms with Gasteiger partial charge < -0.3 is 9.47 Å². The van der Waals surface area contributed by atoms with Crippen LogP contribution in [0.4, 0.5) is 5.13 Å². The number of anilines is 1. The molecule has 0 aliphatic heterocycles. The summed E-state index contributed by atoms with van der Waals surface area (Å²) < 4.78 is 10.1. The molecule has 0 bridgehead atoms. The minimum absolute atomic E-state index is 0.170. The first kappa shape index (κ1) is 19.4. The lowest BCUT2D eigenvalue weighted by Gasteiger charge is -2.11. The van der Waals surface area contributed by atoms with Crippen molar-refractivity contribution in [3.05, 3.63) is 60.0 Å². The number of pyridine rings is 1. The lowest BCUT2D eigenvalue weighted by atomic mass is 10.0. The maximum Gasteiger partial charge on any atom is 0.356 e. The zero-order valence-electron chi connectivity index (χ0n) is 15.9. The van der Waals surface area contributed by atoms with Crippen molar-refractivity contribution in [1.29, 1.82) is 0 Å². The fourth-order valence-electron chi connectivity index (χ4n) is 2.84. The summed E-state index contributed by atoms with van der Waals surface area (Å²) in [6.45, 7) is 0. The van der Waals surface area contributed by atoms with Crippen LogP contribution in [0.15, 0.2) is 48.8 Å². The van der Waals surface area contributed by atoms with E-state index < -0.39 is 11.9 Å². The molecule has 1 N–H and O–H groups in total. The predicted octanol–water partition coefficient (Wildman–Crippen LogP) is 3.20. The van der Waals surface area contributed by atoms with Crippen molar-refractivity contribution >= 4 is 38.7 Å². The molecule has 0 saturated heterocycles. The highest BCUT2D eigenvalue weighted by atomic mass is 32.1. The number of esters is 1. The van der Waals surface area contributed by atoms with E-state index in [4.69, 9.17) is 4.74 Å². The predicted molar refractivity (Wildman–Crippen MR) is 111 cm³/mol. The number of fused-ring (bicyclic) bond motifs is 1. The first-order chi connectivity index (χ1) is 14.6. The van der Waals surface area contributed by atoms with Crippen molar-refractivity contribution in [3.8, 4) is 16.9 Å². The lowest BCUT2D eigenvalue weighted by molar-refractivity contribution is 0.0594. The van der Waals surface area contributed by atoms with Crippen LogP contribution in [-0.4, -0.2) is 46.3 Å². The molecule has 0 unspecified atom stereocenters. The summed E-state index contributed by atoms with van der Waals surface area (Å²) in [6.07, 6.45) is 2.90. The zero-order valence-corrected chi connectivity index (χ0v) is 16.8. The Labute approximate surface area is 174 Å². The van der Waals surface area contributed by atoms with Gasteiger partial charge in [-0.3, -0.25) is 10.1 Å². The van der Waals surface area contributed by atoms with E-state index in [-0.39, 0.29) is 5.69 Å². The second-order valence-corrected chi connectivity index (χ2v) is 6.98. The standard InChI is InChI=1S/C20H15N5O4S/c1-28-16-6-4-3-5-11(16)12-9-21-22-10-13(12)17(26)25-20-24-14-7-8-15(19(27)29-2)23-18(14)30-20/h3-10H,1-2H3,(H,24,25,26). The third-order valence-corrected chi connectivity index (χ3v) is 5.12. The number of ether oxygens (including phenoxy) is 2. The van der Waals surface area contributed by atoms with Crippen LogP contribution in [0.25, 0.3) is 21.5 Å². The van der Waals surface area contributed by atoms with Gasteiger partial charge in [0, 0.05) is 11.1 Å². The number of aromatic nitrogens is 4. The Bertz CT molecular complexity index is 1260. The van der Waals surface area contributed by atoms with Crippen LogP contribution in [0.1, 0.15) is 20.8 Å². The molecule has 9 nitrogen and oxygen atoms in total. The topological polar surface area (TPSA) is 116 Å². The van der Waals surface area contributed by atoms with Gasteiger partial charge in [-0.2, -0.15) is 10.2 Å². The molecule has 0 atom stereocenters. The number of carbonyl (C=O) groups excluding carboxylic acids is 2. The molecule has 10 heteroatoms. The molecule has 4 aromatic rings. The summed E-state index contributed by atoms with van der Waals surface area (Å²) in [6, 6.07) is 10.5. The monoisotopic (exact) mass is 421 g/mol. The number of thiazole rings is 1. The number of carbonyl (C=O) groups is 2. The molecule has 3 aromatic heterocycles. The molecule has 1 aromatic carbocycles. The fraction of sp³-hybridized carbons (Fsp3) is 0.100. The third kappa shape index (κ3) is 3.67. The Morgan fingerprint density at radius 3 is 2.57 bits per heavy atom. The normalized spacial score (nSPS) is 10.6. The van der Waals surface area contributed by atoms with Crippen LogP contribution in [-0.2, 0) is 4.74 Å². The van der Waals surface area contributed by atoms with Gasteiger partial charge in [0.15, 0.2) is 5.13 Å². The van der Waals surface area contributed by atoms with E-state index >= 15 is 0 Å². The Morgan fingerprint density at radius 1 is 0.967 bits per heavy atom. The highest BCUT2D eigenvalue weighted by Crippen LogP contribution is 2.32.